The molecule has 1 N–H and O–H groups in total. The molecule has 1 atom stereocenters. The van der Waals surface area contributed by atoms with Crippen LogP contribution < -0.4 is 4.90 Å². The predicted octanol–water partition coefficient (Wildman–Crippen LogP) is 2.51. The minimum atomic E-state index is 0.0712. The molecule has 1 saturated heterocycles. The molecule has 0 spiro atoms. The Morgan fingerprint density at radius 2 is 2.29 bits per heavy atom. The lowest BCUT2D eigenvalue weighted by molar-refractivity contribution is 0.281. The van der Waals surface area contributed by atoms with E-state index in [2.05, 4.69) is 30.7 Å². The Hall–Kier alpha value is -1.09. The highest BCUT2D eigenvalue weighted by Gasteiger charge is 2.28. The monoisotopic (exact) mass is 234 g/mol. The molecule has 0 aromatic carbocycles. The second-order valence-electron chi connectivity index (χ2n) is 5.29. The van der Waals surface area contributed by atoms with Gasteiger partial charge < -0.3 is 10.0 Å². The summed E-state index contributed by atoms with van der Waals surface area (Å²) in [6, 6.07) is 2.65. The fourth-order valence-electron chi connectivity index (χ4n) is 2.76. The van der Waals surface area contributed by atoms with Gasteiger partial charge in [0.2, 0.25) is 0 Å². The number of anilines is 1. The van der Waals surface area contributed by atoms with Crippen LogP contribution in [0.3, 0.4) is 0 Å². The maximum atomic E-state index is 9.10. The first-order valence-corrected chi connectivity index (χ1v) is 6.46. The van der Waals surface area contributed by atoms with Crippen LogP contribution in [-0.2, 0) is 6.61 Å². The SMILES string of the molecule is Cc1cc(CO)cnc1N1CCCC1C(C)C. The fraction of sp³-hybridized carbons (Fsp3) is 0.643. The van der Waals surface area contributed by atoms with Crippen LogP contribution in [0.25, 0.3) is 0 Å². The quantitative estimate of drug-likeness (QED) is 0.873. The van der Waals surface area contributed by atoms with Crippen LogP contribution >= 0.6 is 0 Å². The second-order valence-corrected chi connectivity index (χ2v) is 5.29. The number of aryl methyl sites for hydroxylation is 1. The van der Waals surface area contributed by atoms with Gasteiger partial charge in [0.05, 0.1) is 6.61 Å². The van der Waals surface area contributed by atoms with Gasteiger partial charge in [0.1, 0.15) is 5.82 Å². The number of aromatic nitrogens is 1. The third-order valence-electron chi connectivity index (χ3n) is 3.63. The van der Waals surface area contributed by atoms with E-state index in [0.29, 0.717) is 12.0 Å². The Morgan fingerprint density at radius 3 is 2.88 bits per heavy atom. The van der Waals surface area contributed by atoms with Crippen molar-refractivity contribution >= 4 is 5.82 Å². The normalized spacial score (nSPS) is 20.3. The highest BCUT2D eigenvalue weighted by molar-refractivity contribution is 5.49. The van der Waals surface area contributed by atoms with Crippen LogP contribution in [0.5, 0.6) is 0 Å². The Bertz CT molecular complexity index is 390. The Morgan fingerprint density at radius 1 is 1.53 bits per heavy atom. The van der Waals surface area contributed by atoms with E-state index in [-0.39, 0.29) is 6.61 Å². The molecule has 0 amide bonds. The van der Waals surface area contributed by atoms with Crippen molar-refractivity contribution in [3.8, 4) is 0 Å². The molecule has 1 aliphatic rings. The molecule has 1 unspecified atom stereocenters. The van der Waals surface area contributed by atoms with Crippen molar-refractivity contribution in [3.63, 3.8) is 0 Å². The van der Waals surface area contributed by atoms with Crippen LogP contribution in [0.2, 0.25) is 0 Å². The van der Waals surface area contributed by atoms with E-state index in [0.717, 1.165) is 17.9 Å². The number of aliphatic hydroxyl groups excluding tert-OH is 1. The lowest BCUT2D eigenvalue weighted by Gasteiger charge is -2.30. The molecule has 3 heteroatoms. The molecule has 17 heavy (non-hydrogen) atoms. The van der Waals surface area contributed by atoms with Gasteiger partial charge in [-0.15, -0.1) is 0 Å². The van der Waals surface area contributed by atoms with Gasteiger partial charge in [0, 0.05) is 18.8 Å². The van der Waals surface area contributed by atoms with Crippen LogP contribution in [0.4, 0.5) is 5.82 Å². The first-order valence-electron chi connectivity index (χ1n) is 6.46. The third kappa shape index (κ3) is 2.44. The van der Waals surface area contributed by atoms with Crippen molar-refractivity contribution in [1.29, 1.82) is 0 Å². The van der Waals surface area contributed by atoms with Gasteiger partial charge in [-0.25, -0.2) is 4.98 Å². The lowest BCUT2D eigenvalue weighted by atomic mass is 10.0. The third-order valence-corrected chi connectivity index (χ3v) is 3.63. The zero-order chi connectivity index (χ0) is 12.4. The van der Waals surface area contributed by atoms with E-state index in [1.54, 1.807) is 6.20 Å². The summed E-state index contributed by atoms with van der Waals surface area (Å²) in [5.41, 5.74) is 2.07. The summed E-state index contributed by atoms with van der Waals surface area (Å²) in [6.45, 7) is 7.81. The average Bonchev–Trinajstić information content (AvgIpc) is 2.77. The lowest BCUT2D eigenvalue weighted by Crippen LogP contribution is -2.34. The van der Waals surface area contributed by atoms with Crippen LogP contribution in [0.15, 0.2) is 12.3 Å². The molecule has 2 rings (SSSR count). The number of aliphatic hydroxyl groups is 1. The van der Waals surface area contributed by atoms with Crippen molar-refractivity contribution in [1.82, 2.24) is 4.98 Å². The average molecular weight is 234 g/mol. The van der Waals surface area contributed by atoms with Crippen molar-refractivity contribution in [3.05, 3.63) is 23.4 Å². The Kier molecular flexibility index (Phi) is 3.67. The van der Waals surface area contributed by atoms with E-state index in [4.69, 9.17) is 5.11 Å². The number of hydrogen-bond donors (Lipinski definition) is 1. The zero-order valence-corrected chi connectivity index (χ0v) is 11.0. The first-order chi connectivity index (χ1) is 8.13. The van der Waals surface area contributed by atoms with Crippen molar-refractivity contribution in [2.75, 3.05) is 11.4 Å². The smallest absolute Gasteiger partial charge is 0.131 e. The fourth-order valence-corrected chi connectivity index (χ4v) is 2.76. The number of rotatable bonds is 3. The van der Waals surface area contributed by atoms with Gasteiger partial charge in [-0.1, -0.05) is 13.8 Å². The molecule has 1 fully saturated rings. The highest BCUT2D eigenvalue weighted by atomic mass is 16.3. The molecule has 1 aromatic rings. The summed E-state index contributed by atoms with van der Waals surface area (Å²) >= 11 is 0. The zero-order valence-electron chi connectivity index (χ0n) is 11.0. The van der Waals surface area contributed by atoms with E-state index in [1.165, 1.54) is 18.4 Å². The minimum absolute atomic E-state index is 0.0712. The van der Waals surface area contributed by atoms with E-state index < -0.39 is 0 Å². The molecular formula is C14H22N2O. The van der Waals surface area contributed by atoms with Gasteiger partial charge in [0.25, 0.3) is 0 Å². The van der Waals surface area contributed by atoms with Gasteiger partial charge in [-0.2, -0.15) is 0 Å². The van der Waals surface area contributed by atoms with Gasteiger partial charge >= 0.3 is 0 Å². The summed E-state index contributed by atoms with van der Waals surface area (Å²) in [5, 5.41) is 9.10. The van der Waals surface area contributed by atoms with E-state index in [1.807, 2.05) is 6.07 Å². The molecule has 2 heterocycles. The molecule has 1 aromatic heterocycles. The standard InChI is InChI=1S/C14H22N2O/c1-10(2)13-5-4-6-16(13)14-11(3)7-12(9-17)8-15-14/h7-8,10,13,17H,4-6,9H2,1-3H3. The molecule has 1 aliphatic heterocycles. The number of nitrogens with zero attached hydrogens (tertiary/aromatic N) is 2. The maximum absolute atomic E-state index is 9.10. The largest absolute Gasteiger partial charge is 0.392 e. The predicted molar refractivity (Wildman–Crippen MR) is 70.1 cm³/mol. The topological polar surface area (TPSA) is 36.4 Å². The van der Waals surface area contributed by atoms with Crippen molar-refractivity contribution in [2.24, 2.45) is 5.92 Å². The van der Waals surface area contributed by atoms with Gasteiger partial charge in [-0.05, 0) is 42.9 Å². The summed E-state index contributed by atoms with van der Waals surface area (Å²) in [4.78, 5) is 6.96. The van der Waals surface area contributed by atoms with E-state index >= 15 is 0 Å². The molecule has 0 radical (unpaired) electrons. The second kappa shape index (κ2) is 5.05. The first kappa shape index (κ1) is 12.4. The van der Waals surface area contributed by atoms with Crippen molar-refractivity contribution in [2.45, 2.75) is 46.3 Å². The highest BCUT2D eigenvalue weighted by Crippen LogP contribution is 2.30. The van der Waals surface area contributed by atoms with Crippen LogP contribution in [0.1, 0.15) is 37.8 Å². The summed E-state index contributed by atoms with van der Waals surface area (Å²) in [6.07, 6.45) is 4.31. The number of pyridine rings is 1. The van der Waals surface area contributed by atoms with Gasteiger partial charge in [-0.3, -0.25) is 0 Å². The Labute approximate surface area is 103 Å². The summed E-state index contributed by atoms with van der Waals surface area (Å²) in [5.74, 6) is 1.76. The molecule has 0 bridgehead atoms. The molecule has 94 valence electrons. The molecular weight excluding hydrogens is 212 g/mol. The number of hydrogen-bond acceptors (Lipinski definition) is 3. The van der Waals surface area contributed by atoms with Crippen LogP contribution in [0, 0.1) is 12.8 Å². The van der Waals surface area contributed by atoms with Gasteiger partial charge in [0.15, 0.2) is 0 Å². The molecule has 3 nitrogen and oxygen atoms in total. The minimum Gasteiger partial charge on any atom is -0.392 e. The van der Waals surface area contributed by atoms with Crippen molar-refractivity contribution < 1.29 is 5.11 Å². The molecule has 0 saturated carbocycles. The summed E-state index contributed by atoms with van der Waals surface area (Å²) < 4.78 is 0. The Balaban J connectivity index is 2.27. The molecule has 0 aliphatic carbocycles. The van der Waals surface area contributed by atoms with E-state index in [9.17, 15) is 0 Å². The maximum Gasteiger partial charge on any atom is 0.131 e. The van der Waals surface area contributed by atoms with Crippen LogP contribution in [-0.4, -0.2) is 22.7 Å². The summed E-state index contributed by atoms with van der Waals surface area (Å²) in [7, 11) is 0.